The van der Waals surface area contributed by atoms with Gasteiger partial charge in [-0.3, -0.25) is 4.79 Å². The minimum Gasteiger partial charge on any atom is -0.530 e. The molecule has 2 unspecified atom stereocenters. The van der Waals surface area contributed by atoms with Crippen LogP contribution in [0.2, 0.25) is 0 Å². The van der Waals surface area contributed by atoms with Crippen LogP contribution in [-0.4, -0.2) is 36.1 Å². The first-order chi connectivity index (χ1) is 18.1. The molecule has 1 aliphatic heterocycles. The fourth-order valence-electron chi connectivity index (χ4n) is 4.93. The van der Waals surface area contributed by atoms with Crippen LogP contribution in [0.25, 0.3) is 10.8 Å². The Balaban J connectivity index is 1.27. The van der Waals surface area contributed by atoms with Gasteiger partial charge in [-0.15, -0.1) is 0 Å². The highest BCUT2D eigenvalue weighted by Gasteiger charge is 2.31. The average Bonchev–Trinajstić information content (AvgIpc) is 2.95. The Bertz CT molecular complexity index is 1370. The number of carbonyl (C=O) groups is 2. The van der Waals surface area contributed by atoms with Crippen molar-refractivity contribution in [3.8, 4) is 0 Å². The average molecular weight is 494 g/mol. The standard InChI is InChI=1S/C31H30N2O4/c34-30(32-19-22-6-2-1-3-7-22)26-14-12-25(13-15-26)28-16-17-33(31(35)36)20-29(28)37-21-23-10-11-24-8-4-5-9-27(24)18-23/h1-15,18,28-29H,16-17,19-21H2,(H,32,34)(H,35,36)/p-1. The first-order valence-electron chi connectivity index (χ1n) is 12.5. The zero-order chi connectivity index (χ0) is 25.6. The van der Waals surface area contributed by atoms with Gasteiger partial charge in [0.25, 0.3) is 5.91 Å². The molecule has 0 radical (unpaired) electrons. The van der Waals surface area contributed by atoms with Gasteiger partial charge in [0, 0.05) is 31.1 Å². The van der Waals surface area contributed by atoms with Crippen molar-refractivity contribution >= 4 is 22.8 Å². The number of benzene rings is 4. The van der Waals surface area contributed by atoms with Crippen LogP contribution in [0.3, 0.4) is 0 Å². The summed E-state index contributed by atoms with van der Waals surface area (Å²) in [5.41, 5.74) is 3.69. The molecule has 1 fully saturated rings. The second-order valence-corrected chi connectivity index (χ2v) is 9.43. The molecule has 6 nitrogen and oxygen atoms in total. The van der Waals surface area contributed by atoms with Gasteiger partial charge < -0.3 is 24.9 Å². The zero-order valence-electron chi connectivity index (χ0n) is 20.5. The Kier molecular flexibility index (Phi) is 7.47. The topological polar surface area (TPSA) is 81.7 Å². The second kappa shape index (κ2) is 11.3. The van der Waals surface area contributed by atoms with Crippen LogP contribution in [0, 0.1) is 0 Å². The van der Waals surface area contributed by atoms with Crippen LogP contribution in [0.5, 0.6) is 0 Å². The SMILES string of the molecule is O=C(NCc1ccccc1)c1ccc(C2CCN(C(=O)[O-])CC2OCc2ccc3ccccc3c2)cc1. The molecule has 0 saturated carbocycles. The van der Waals surface area contributed by atoms with E-state index in [4.69, 9.17) is 4.74 Å². The highest BCUT2D eigenvalue weighted by molar-refractivity contribution is 5.94. The van der Waals surface area contributed by atoms with Crippen molar-refractivity contribution in [3.63, 3.8) is 0 Å². The Morgan fingerprint density at radius 2 is 1.59 bits per heavy atom. The van der Waals surface area contributed by atoms with Crippen LogP contribution in [-0.2, 0) is 17.9 Å². The van der Waals surface area contributed by atoms with Gasteiger partial charge in [0.1, 0.15) is 6.09 Å². The Morgan fingerprint density at radius 1 is 0.865 bits per heavy atom. The largest absolute Gasteiger partial charge is 0.530 e. The number of nitrogens with one attached hydrogen (secondary N) is 1. The maximum absolute atomic E-state index is 12.6. The van der Waals surface area contributed by atoms with Crippen LogP contribution in [0.4, 0.5) is 4.79 Å². The Labute approximate surface area is 216 Å². The van der Waals surface area contributed by atoms with Crippen molar-refractivity contribution in [1.29, 1.82) is 0 Å². The van der Waals surface area contributed by atoms with E-state index in [2.05, 4.69) is 29.6 Å². The van der Waals surface area contributed by atoms with E-state index in [1.54, 1.807) is 0 Å². The monoisotopic (exact) mass is 493 g/mol. The van der Waals surface area contributed by atoms with Crippen molar-refractivity contribution < 1.29 is 19.4 Å². The molecule has 1 aliphatic rings. The molecule has 1 saturated heterocycles. The van der Waals surface area contributed by atoms with Gasteiger partial charge in [-0.2, -0.15) is 0 Å². The molecular formula is C31H29N2O4-. The Morgan fingerprint density at radius 3 is 2.35 bits per heavy atom. The molecule has 4 aromatic rings. The number of nitrogens with zero attached hydrogens (tertiary/aromatic N) is 1. The maximum Gasteiger partial charge on any atom is 0.251 e. The predicted octanol–water partition coefficient (Wildman–Crippen LogP) is 4.49. The van der Waals surface area contributed by atoms with Crippen molar-refractivity contribution in [2.75, 3.05) is 13.1 Å². The molecule has 37 heavy (non-hydrogen) atoms. The molecule has 5 rings (SSSR count). The van der Waals surface area contributed by atoms with Gasteiger partial charge in [0.2, 0.25) is 0 Å². The summed E-state index contributed by atoms with van der Waals surface area (Å²) < 4.78 is 6.32. The first-order valence-corrected chi connectivity index (χ1v) is 12.5. The van der Waals surface area contributed by atoms with E-state index < -0.39 is 6.09 Å². The lowest BCUT2D eigenvalue weighted by molar-refractivity contribution is -0.268. The molecule has 188 valence electrons. The highest BCUT2D eigenvalue weighted by Crippen LogP contribution is 2.31. The number of hydrogen-bond donors (Lipinski definition) is 1. The molecule has 0 aromatic heterocycles. The number of carboxylic acid groups (broad SMARTS) is 1. The lowest BCUT2D eigenvalue weighted by Gasteiger charge is -2.40. The third kappa shape index (κ3) is 5.98. The lowest BCUT2D eigenvalue weighted by atomic mass is 9.86. The minimum absolute atomic E-state index is 0.0116. The minimum atomic E-state index is -1.18. The molecule has 1 heterocycles. The molecule has 4 aromatic carbocycles. The molecule has 6 heteroatoms. The number of amides is 2. The third-order valence-electron chi connectivity index (χ3n) is 6.99. The van der Waals surface area contributed by atoms with E-state index >= 15 is 0 Å². The number of carbonyl (C=O) groups excluding carboxylic acids is 2. The lowest BCUT2D eigenvalue weighted by Crippen LogP contribution is -2.51. The Hall–Kier alpha value is -4.16. The van der Waals surface area contributed by atoms with Gasteiger partial charge in [0.15, 0.2) is 0 Å². The fraction of sp³-hybridized carbons (Fsp3) is 0.226. The van der Waals surface area contributed by atoms with Crippen molar-refractivity contribution in [3.05, 3.63) is 119 Å². The van der Waals surface area contributed by atoms with Crippen molar-refractivity contribution in [2.24, 2.45) is 0 Å². The van der Waals surface area contributed by atoms with Gasteiger partial charge in [-0.25, -0.2) is 0 Å². The summed E-state index contributed by atoms with van der Waals surface area (Å²) in [6.07, 6.45) is -0.880. The van der Waals surface area contributed by atoms with Crippen LogP contribution >= 0.6 is 0 Å². The molecule has 0 aliphatic carbocycles. The van der Waals surface area contributed by atoms with Gasteiger partial charge in [-0.05, 0) is 52.1 Å². The smallest absolute Gasteiger partial charge is 0.251 e. The van der Waals surface area contributed by atoms with E-state index in [-0.39, 0.29) is 24.5 Å². The molecule has 0 spiro atoms. The maximum atomic E-state index is 12.6. The summed E-state index contributed by atoms with van der Waals surface area (Å²) in [6, 6.07) is 31.7. The zero-order valence-corrected chi connectivity index (χ0v) is 20.5. The number of piperidine rings is 1. The quantitative estimate of drug-likeness (QED) is 0.411. The summed E-state index contributed by atoms with van der Waals surface area (Å²) in [5, 5.41) is 16.8. The van der Waals surface area contributed by atoms with Gasteiger partial charge in [-0.1, -0.05) is 78.9 Å². The first kappa shape index (κ1) is 24.5. The fourth-order valence-corrected chi connectivity index (χ4v) is 4.93. The van der Waals surface area contributed by atoms with Crippen LogP contribution in [0.1, 0.15) is 39.4 Å². The highest BCUT2D eigenvalue weighted by atomic mass is 16.5. The van der Waals surface area contributed by atoms with Crippen molar-refractivity contribution in [2.45, 2.75) is 31.6 Å². The van der Waals surface area contributed by atoms with E-state index in [0.29, 0.717) is 31.7 Å². The molecule has 2 atom stereocenters. The number of fused-ring (bicyclic) bond motifs is 1. The van der Waals surface area contributed by atoms with Gasteiger partial charge in [0.05, 0.1) is 12.7 Å². The second-order valence-electron chi connectivity index (χ2n) is 9.43. The summed E-state index contributed by atoms with van der Waals surface area (Å²) in [4.78, 5) is 25.5. The molecular weight excluding hydrogens is 464 g/mol. The molecule has 2 amide bonds. The van der Waals surface area contributed by atoms with E-state index in [9.17, 15) is 14.7 Å². The molecule has 1 N–H and O–H groups in total. The van der Waals surface area contributed by atoms with E-state index in [1.165, 1.54) is 4.90 Å². The number of ether oxygens (including phenoxy) is 1. The van der Waals surface area contributed by atoms with Gasteiger partial charge >= 0.3 is 0 Å². The van der Waals surface area contributed by atoms with Crippen LogP contribution < -0.4 is 10.4 Å². The predicted molar refractivity (Wildman–Crippen MR) is 141 cm³/mol. The van der Waals surface area contributed by atoms with Crippen LogP contribution in [0.15, 0.2) is 97.1 Å². The van der Waals surface area contributed by atoms with Crippen molar-refractivity contribution in [1.82, 2.24) is 10.2 Å². The number of rotatable bonds is 7. The summed E-state index contributed by atoms with van der Waals surface area (Å²) >= 11 is 0. The summed E-state index contributed by atoms with van der Waals surface area (Å²) in [6.45, 7) is 1.49. The number of hydrogen-bond acceptors (Lipinski definition) is 4. The normalized spacial score (nSPS) is 17.5. The third-order valence-corrected chi connectivity index (χ3v) is 6.99. The molecule has 0 bridgehead atoms. The number of likely N-dealkylation sites (tertiary alicyclic amines) is 1. The summed E-state index contributed by atoms with van der Waals surface area (Å²) in [7, 11) is 0. The summed E-state index contributed by atoms with van der Waals surface area (Å²) in [5.74, 6) is -0.122. The van der Waals surface area contributed by atoms with E-state index in [1.807, 2.05) is 72.8 Å². The van der Waals surface area contributed by atoms with E-state index in [0.717, 1.165) is 27.5 Å².